The maximum Gasteiger partial charge on any atom is 0.325 e. The number of hydrogen-bond acceptors (Lipinski definition) is 2. The van der Waals surface area contributed by atoms with Gasteiger partial charge in [0.05, 0.1) is 0 Å². The zero-order valence-electron chi connectivity index (χ0n) is 9.38. The zero-order valence-corrected chi connectivity index (χ0v) is 9.38. The van der Waals surface area contributed by atoms with Crippen molar-refractivity contribution in [2.24, 2.45) is 5.92 Å². The molecule has 15 heavy (non-hydrogen) atoms. The summed E-state index contributed by atoms with van der Waals surface area (Å²) in [4.78, 5) is 25.2. The molecule has 0 aromatic heterocycles. The van der Waals surface area contributed by atoms with Gasteiger partial charge in [0, 0.05) is 6.54 Å². The van der Waals surface area contributed by atoms with Gasteiger partial charge in [0.2, 0.25) is 0 Å². The van der Waals surface area contributed by atoms with Crippen molar-refractivity contribution in [1.29, 1.82) is 0 Å². The Morgan fingerprint density at radius 2 is 2.00 bits per heavy atom. The van der Waals surface area contributed by atoms with Crippen LogP contribution < -0.4 is 5.32 Å². The summed E-state index contributed by atoms with van der Waals surface area (Å²) < 4.78 is 0. The number of imide groups is 1. The largest absolute Gasteiger partial charge is 0.325 e. The topological polar surface area (TPSA) is 49.4 Å². The van der Waals surface area contributed by atoms with E-state index in [1.165, 1.54) is 12.8 Å². The van der Waals surface area contributed by atoms with Crippen molar-refractivity contribution in [3.8, 4) is 0 Å². The maximum absolute atomic E-state index is 11.9. The number of hydrogen-bond donors (Lipinski definition) is 1. The lowest BCUT2D eigenvalue weighted by Crippen LogP contribution is -2.52. The molecule has 1 saturated heterocycles. The summed E-state index contributed by atoms with van der Waals surface area (Å²) in [6.07, 6.45) is 4.49. The van der Waals surface area contributed by atoms with Crippen LogP contribution in [0.25, 0.3) is 0 Å². The van der Waals surface area contributed by atoms with Crippen molar-refractivity contribution in [2.45, 2.75) is 45.1 Å². The average Bonchev–Trinajstić information content (AvgIpc) is 2.76. The highest BCUT2D eigenvalue weighted by atomic mass is 16.2. The molecule has 84 valence electrons. The van der Waals surface area contributed by atoms with E-state index in [2.05, 4.69) is 5.32 Å². The minimum absolute atomic E-state index is 0.110. The minimum Gasteiger partial charge on any atom is -0.310 e. The quantitative estimate of drug-likeness (QED) is 0.702. The van der Waals surface area contributed by atoms with E-state index in [4.69, 9.17) is 0 Å². The lowest BCUT2D eigenvalue weighted by atomic mass is 9.83. The van der Waals surface area contributed by atoms with Crippen LogP contribution in [0.15, 0.2) is 0 Å². The van der Waals surface area contributed by atoms with E-state index in [9.17, 15) is 9.59 Å². The Morgan fingerprint density at radius 3 is 2.53 bits per heavy atom. The molecule has 1 heterocycles. The van der Waals surface area contributed by atoms with E-state index >= 15 is 0 Å². The highest BCUT2D eigenvalue weighted by molar-refractivity contribution is 6.06. The molecule has 0 bridgehead atoms. The molecule has 4 nitrogen and oxygen atoms in total. The summed E-state index contributed by atoms with van der Waals surface area (Å²) in [5.41, 5.74) is -0.595. The molecule has 1 atom stereocenters. The highest BCUT2D eigenvalue weighted by Crippen LogP contribution is 2.39. The molecular formula is C11H18N2O2. The molecule has 1 unspecified atom stereocenters. The first-order valence-electron chi connectivity index (χ1n) is 5.73. The van der Waals surface area contributed by atoms with Gasteiger partial charge in [-0.1, -0.05) is 12.8 Å². The first-order chi connectivity index (χ1) is 7.10. The van der Waals surface area contributed by atoms with E-state index in [0.717, 1.165) is 12.8 Å². The first-order valence-corrected chi connectivity index (χ1v) is 5.73. The third-order valence-corrected chi connectivity index (χ3v) is 3.95. The van der Waals surface area contributed by atoms with Gasteiger partial charge < -0.3 is 4.90 Å². The molecule has 0 spiro atoms. The van der Waals surface area contributed by atoms with Crippen molar-refractivity contribution in [3.63, 3.8) is 0 Å². The lowest BCUT2D eigenvalue weighted by Gasteiger charge is -2.36. The van der Waals surface area contributed by atoms with E-state index in [1.807, 2.05) is 13.8 Å². The van der Waals surface area contributed by atoms with Gasteiger partial charge in [-0.15, -0.1) is 0 Å². The minimum atomic E-state index is -0.595. The van der Waals surface area contributed by atoms with Crippen molar-refractivity contribution in [1.82, 2.24) is 10.2 Å². The van der Waals surface area contributed by atoms with Crippen LogP contribution in [0, 0.1) is 5.92 Å². The predicted molar refractivity (Wildman–Crippen MR) is 56.3 cm³/mol. The Morgan fingerprint density at radius 1 is 1.40 bits per heavy atom. The third kappa shape index (κ3) is 1.34. The SMILES string of the molecule is CCN1C(=O)NC(=O)C1(C)C1CCCC1. The van der Waals surface area contributed by atoms with Crippen LogP contribution in [-0.2, 0) is 4.79 Å². The zero-order chi connectivity index (χ0) is 11.1. The molecule has 4 heteroatoms. The number of likely N-dealkylation sites (N-methyl/N-ethyl adjacent to an activating group) is 1. The number of amides is 3. The first kappa shape index (κ1) is 10.5. The molecule has 0 aromatic carbocycles. The summed E-state index contributed by atoms with van der Waals surface area (Å²) in [5, 5.41) is 2.43. The smallest absolute Gasteiger partial charge is 0.310 e. The predicted octanol–water partition coefficient (Wildman–Crippen LogP) is 1.51. The van der Waals surface area contributed by atoms with Crippen LogP contribution in [0.1, 0.15) is 39.5 Å². The van der Waals surface area contributed by atoms with Gasteiger partial charge in [0.25, 0.3) is 5.91 Å². The second-order valence-electron chi connectivity index (χ2n) is 4.63. The summed E-state index contributed by atoms with van der Waals surface area (Å²) >= 11 is 0. The van der Waals surface area contributed by atoms with Gasteiger partial charge in [-0.2, -0.15) is 0 Å². The fourth-order valence-electron chi connectivity index (χ4n) is 2.99. The molecule has 1 N–H and O–H groups in total. The van der Waals surface area contributed by atoms with Crippen LogP contribution in [-0.4, -0.2) is 28.9 Å². The number of nitrogens with zero attached hydrogens (tertiary/aromatic N) is 1. The number of nitrogens with one attached hydrogen (secondary N) is 1. The maximum atomic E-state index is 11.9. The molecule has 2 fully saturated rings. The summed E-state index contributed by atoms with van der Waals surface area (Å²) in [6, 6.07) is -0.225. The molecule has 0 radical (unpaired) electrons. The average molecular weight is 210 g/mol. The second kappa shape index (κ2) is 3.51. The Kier molecular flexibility index (Phi) is 2.44. The van der Waals surface area contributed by atoms with Crippen molar-refractivity contribution >= 4 is 11.9 Å². The fourth-order valence-corrected chi connectivity index (χ4v) is 2.99. The molecule has 1 saturated carbocycles. The van der Waals surface area contributed by atoms with Crippen LogP contribution >= 0.6 is 0 Å². The van der Waals surface area contributed by atoms with Gasteiger partial charge in [-0.3, -0.25) is 10.1 Å². The van der Waals surface area contributed by atoms with E-state index < -0.39 is 5.54 Å². The second-order valence-corrected chi connectivity index (χ2v) is 4.63. The van der Waals surface area contributed by atoms with Crippen LogP contribution in [0.5, 0.6) is 0 Å². The van der Waals surface area contributed by atoms with Crippen molar-refractivity contribution < 1.29 is 9.59 Å². The van der Waals surface area contributed by atoms with Crippen molar-refractivity contribution in [3.05, 3.63) is 0 Å². The van der Waals surface area contributed by atoms with Gasteiger partial charge in [-0.25, -0.2) is 4.79 Å². The normalized spacial score (nSPS) is 32.5. The van der Waals surface area contributed by atoms with Crippen LogP contribution in [0.4, 0.5) is 4.79 Å². The Bertz CT molecular complexity index is 297. The molecule has 2 rings (SSSR count). The molecule has 1 aliphatic carbocycles. The van der Waals surface area contributed by atoms with Crippen molar-refractivity contribution in [2.75, 3.05) is 6.54 Å². The number of carbonyl (C=O) groups is 2. The molecule has 0 aromatic rings. The van der Waals surface area contributed by atoms with Crippen LogP contribution in [0.2, 0.25) is 0 Å². The van der Waals surface area contributed by atoms with Gasteiger partial charge in [0.1, 0.15) is 5.54 Å². The molecule has 3 amide bonds. The van der Waals surface area contributed by atoms with Gasteiger partial charge in [0.15, 0.2) is 0 Å². The molecule has 2 aliphatic rings. The Hall–Kier alpha value is -1.06. The third-order valence-electron chi connectivity index (χ3n) is 3.95. The summed E-state index contributed by atoms with van der Waals surface area (Å²) in [5.74, 6) is 0.227. The van der Waals surface area contributed by atoms with E-state index in [-0.39, 0.29) is 11.9 Å². The summed E-state index contributed by atoms with van der Waals surface area (Å²) in [6.45, 7) is 4.43. The monoisotopic (exact) mass is 210 g/mol. The molecular weight excluding hydrogens is 192 g/mol. The van der Waals surface area contributed by atoms with Gasteiger partial charge >= 0.3 is 6.03 Å². The van der Waals surface area contributed by atoms with E-state index in [1.54, 1.807) is 4.90 Å². The van der Waals surface area contributed by atoms with E-state index in [0.29, 0.717) is 12.5 Å². The Labute approximate surface area is 90.0 Å². The lowest BCUT2D eigenvalue weighted by molar-refractivity contribution is -0.128. The summed E-state index contributed by atoms with van der Waals surface area (Å²) in [7, 11) is 0. The van der Waals surface area contributed by atoms with Crippen LogP contribution in [0.3, 0.4) is 0 Å². The number of urea groups is 1. The fraction of sp³-hybridized carbons (Fsp3) is 0.818. The Balaban J connectivity index is 2.29. The highest BCUT2D eigenvalue weighted by Gasteiger charge is 2.53. The number of carbonyl (C=O) groups excluding carboxylic acids is 2. The van der Waals surface area contributed by atoms with Gasteiger partial charge in [-0.05, 0) is 32.6 Å². The standard InChI is InChI=1S/C11H18N2O2/c1-3-13-10(15)12-9(14)11(13,2)8-6-4-5-7-8/h8H,3-7H2,1-2H3,(H,12,14,15). The molecule has 1 aliphatic heterocycles. The number of rotatable bonds is 2.